The fourth-order valence-electron chi connectivity index (χ4n) is 5.57. The number of ether oxygens (including phenoxy) is 1. The Morgan fingerprint density at radius 2 is 1.06 bits per heavy atom. The van der Waals surface area contributed by atoms with Crippen molar-refractivity contribution >= 4 is 130 Å². The third kappa shape index (κ3) is 9.18. The topological polar surface area (TPSA) is 208 Å². The molecule has 6 aromatic rings. The zero-order valence-corrected chi connectivity index (χ0v) is 35.6. The molecule has 0 saturated heterocycles. The van der Waals surface area contributed by atoms with Crippen molar-refractivity contribution in [2.75, 3.05) is 0 Å². The van der Waals surface area contributed by atoms with E-state index >= 15 is 0 Å². The van der Waals surface area contributed by atoms with Gasteiger partial charge in [-0.25, -0.2) is 9.59 Å². The van der Waals surface area contributed by atoms with Gasteiger partial charge in [0.25, 0.3) is 0 Å². The maximum atomic E-state index is 11.6. The number of aliphatic carboxylic acids is 1. The molecule has 0 radical (unpaired) electrons. The van der Waals surface area contributed by atoms with Crippen LogP contribution in [0.1, 0.15) is 37.4 Å². The predicted molar refractivity (Wildman–Crippen MR) is 233 cm³/mol. The Labute approximate surface area is 356 Å². The number of phenols is 3. The Balaban J connectivity index is 0.000000209. The van der Waals surface area contributed by atoms with Crippen molar-refractivity contribution in [1.82, 2.24) is 0 Å². The molecule has 0 aromatic heterocycles. The Morgan fingerprint density at radius 3 is 1.47 bits per heavy atom. The molecular weight excluding hydrogens is 1140 g/mol. The van der Waals surface area contributed by atoms with Crippen molar-refractivity contribution in [2.45, 2.75) is 18.9 Å². The van der Waals surface area contributed by atoms with Gasteiger partial charge < -0.3 is 41.1 Å². The van der Waals surface area contributed by atoms with E-state index in [2.05, 4.69) is 90.4 Å². The summed E-state index contributed by atoms with van der Waals surface area (Å²) >= 11 is 8.42. The molecule has 6 aromatic carbocycles. The fraction of sp³-hybridized carbons (Fsp3) is 0.0789. The van der Waals surface area contributed by atoms with Crippen LogP contribution in [0, 0.1) is 14.3 Å². The highest BCUT2D eigenvalue weighted by Crippen LogP contribution is 2.40. The van der Waals surface area contributed by atoms with Crippen molar-refractivity contribution in [1.29, 1.82) is 0 Å². The van der Waals surface area contributed by atoms with E-state index in [9.17, 15) is 39.9 Å². The van der Waals surface area contributed by atoms with E-state index in [1.54, 1.807) is 60.7 Å². The van der Waals surface area contributed by atoms with E-state index in [1.807, 2.05) is 12.1 Å². The lowest BCUT2D eigenvalue weighted by atomic mass is 9.90. The highest BCUT2D eigenvalue weighted by atomic mass is 127. The van der Waals surface area contributed by atoms with E-state index in [0.717, 1.165) is 12.7 Å². The van der Waals surface area contributed by atoms with Crippen molar-refractivity contribution in [3.8, 4) is 28.7 Å². The molecule has 0 saturated carbocycles. The first-order valence-corrected chi connectivity index (χ1v) is 19.6. The number of carboxylic acid groups (broad SMARTS) is 3. The molecule has 0 spiro atoms. The van der Waals surface area contributed by atoms with E-state index in [4.69, 9.17) is 15.6 Å². The molecule has 0 fully saturated rings. The van der Waals surface area contributed by atoms with Gasteiger partial charge in [-0.05, 0) is 160 Å². The number of rotatable bonds is 9. The molecule has 6 rings (SSSR count). The normalized spacial score (nSPS) is 11.5. The SMILES string of the molecule is N[C@@H](Cc1cc(I)c(Oc2cc(I)c(O)c(I)c2)c(I)c1)C(=O)O.O=C(O)c1cc2ccccc2c(Cc2c(O)c(C(=O)O)cc3ccccc23)c1O. The van der Waals surface area contributed by atoms with Gasteiger partial charge in [-0.1, -0.05) is 48.5 Å². The van der Waals surface area contributed by atoms with Crippen LogP contribution >= 0.6 is 90.4 Å². The molecule has 0 bridgehead atoms. The molecule has 15 heteroatoms. The molecule has 0 aliphatic heterocycles. The molecule has 0 unspecified atom stereocenters. The highest BCUT2D eigenvalue weighted by molar-refractivity contribution is 14.1. The summed E-state index contributed by atoms with van der Waals surface area (Å²) in [5.41, 5.74) is 6.56. The molecular formula is C38H27I4NO10. The second-order valence-electron chi connectivity index (χ2n) is 11.6. The molecule has 0 aliphatic rings. The molecule has 0 heterocycles. The molecule has 8 N–H and O–H groups in total. The smallest absolute Gasteiger partial charge is 0.339 e. The van der Waals surface area contributed by atoms with Crippen molar-refractivity contribution in [3.05, 3.63) is 127 Å². The van der Waals surface area contributed by atoms with Crippen LogP contribution in [0.15, 0.2) is 84.9 Å². The summed E-state index contributed by atoms with van der Waals surface area (Å²) in [5, 5.41) is 61.6. The van der Waals surface area contributed by atoms with E-state index in [-0.39, 0.29) is 29.7 Å². The summed E-state index contributed by atoms with van der Waals surface area (Å²) in [6.45, 7) is 0. The monoisotopic (exact) mass is 1160 g/mol. The van der Waals surface area contributed by atoms with Gasteiger partial charge in [0.15, 0.2) is 5.75 Å². The van der Waals surface area contributed by atoms with Gasteiger partial charge in [-0.15, -0.1) is 0 Å². The fourth-order valence-corrected chi connectivity index (χ4v) is 9.40. The Kier molecular flexibility index (Phi) is 13.2. The van der Waals surface area contributed by atoms with Gasteiger partial charge in [0.1, 0.15) is 40.2 Å². The van der Waals surface area contributed by atoms with Crippen LogP contribution in [-0.4, -0.2) is 54.6 Å². The average Bonchev–Trinajstić information content (AvgIpc) is 3.10. The number of carboxylic acids is 3. The zero-order chi connectivity index (χ0) is 38.7. The first-order chi connectivity index (χ1) is 25.1. The van der Waals surface area contributed by atoms with Crippen LogP contribution in [0.3, 0.4) is 0 Å². The van der Waals surface area contributed by atoms with Crippen LogP contribution < -0.4 is 10.5 Å². The van der Waals surface area contributed by atoms with Crippen LogP contribution in [0.2, 0.25) is 0 Å². The van der Waals surface area contributed by atoms with Gasteiger partial charge in [0.2, 0.25) is 0 Å². The maximum absolute atomic E-state index is 11.6. The maximum Gasteiger partial charge on any atom is 0.339 e. The third-order valence-electron chi connectivity index (χ3n) is 8.11. The number of benzene rings is 6. The van der Waals surface area contributed by atoms with Crippen LogP contribution in [0.4, 0.5) is 0 Å². The first kappa shape index (κ1) is 40.5. The van der Waals surface area contributed by atoms with Gasteiger partial charge in [-0.3, -0.25) is 4.79 Å². The molecule has 0 aliphatic carbocycles. The minimum Gasteiger partial charge on any atom is -0.507 e. The molecule has 53 heavy (non-hydrogen) atoms. The molecule has 1 atom stereocenters. The Hall–Kier alpha value is -3.67. The van der Waals surface area contributed by atoms with E-state index < -0.39 is 35.4 Å². The van der Waals surface area contributed by atoms with E-state index in [0.29, 0.717) is 51.3 Å². The minimum absolute atomic E-state index is 0.0407. The minimum atomic E-state index is -1.28. The number of aromatic hydroxyl groups is 3. The van der Waals surface area contributed by atoms with Gasteiger partial charge in [0.05, 0.1) is 14.3 Å². The second-order valence-corrected chi connectivity index (χ2v) is 16.3. The van der Waals surface area contributed by atoms with Gasteiger partial charge >= 0.3 is 17.9 Å². The van der Waals surface area contributed by atoms with Gasteiger partial charge in [0, 0.05) is 17.5 Å². The lowest BCUT2D eigenvalue weighted by molar-refractivity contribution is -0.138. The van der Waals surface area contributed by atoms with Gasteiger partial charge in [-0.2, -0.15) is 0 Å². The molecule has 272 valence electrons. The third-order valence-corrected chi connectivity index (χ3v) is 11.4. The second kappa shape index (κ2) is 17.2. The number of hydrogen-bond acceptors (Lipinski definition) is 8. The van der Waals surface area contributed by atoms with E-state index in [1.165, 1.54) is 12.1 Å². The van der Waals surface area contributed by atoms with Crippen LogP contribution in [0.5, 0.6) is 28.7 Å². The average molecular weight is 1170 g/mol. The summed E-state index contributed by atoms with van der Waals surface area (Å²) < 4.78 is 9.14. The lowest BCUT2D eigenvalue weighted by Crippen LogP contribution is -2.32. The van der Waals surface area contributed by atoms with Crippen molar-refractivity contribution in [3.63, 3.8) is 0 Å². The van der Waals surface area contributed by atoms with Crippen molar-refractivity contribution < 1.29 is 49.8 Å². The summed E-state index contributed by atoms with van der Waals surface area (Å²) in [5.74, 6) is -2.81. The number of hydrogen-bond donors (Lipinski definition) is 7. The first-order valence-electron chi connectivity index (χ1n) is 15.3. The summed E-state index contributed by atoms with van der Waals surface area (Å²) in [6, 6.07) is 23.1. The Morgan fingerprint density at radius 1 is 0.623 bits per heavy atom. The van der Waals surface area contributed by atoms with Crippen molar-refractivity contribution in [2.24, 2.45) is 5.73 Å². The standard InChI is InChI=1S/C23H16O6.C15H11I4NO4/c24-20-16(14-7-3-1-5-12(14)9-18(20)22(26)27)11-17-15-8-4-2-6-13(15)10-19(21(17)25)23(28)29;16-8-4-7(5-9(17)13(8)21)24-14-10(18)1-6(2-11(14)19)3-12(20)15(22)23/h1-10,24-25H,11H2,(H,26,27)(H,28,29);1-2,4-5,12,21H,3,20H2,(H,22,23)/t;12-/m.0/s1. The highest BCUT2D eigenvalue weighted by Gasteiger charge is 2.23. The summed E-state index contributed by atoms with van der Waals surface area (Å²) in [6.07, 6.45) is 0.220. The lowest BCUT2D eigenvalue weighted by Gasteiger charge is -2.16. The largest absolute Gasteiger partial charge is 0.507 e. The van der Waals surface area contributed by atoms with Crippen LogP contribution in [0.25, 0.3) is 21.5 Å². The zero-order valence-electron chi connectivity index (χ0n) is 27.0. The quantitative estimate of drug-likeness (QED) is 0.0680. The molecule has 11 nitrogen and oxygen atoms in total. The number of phenolic OH excluding ortho intramolecular Hbond substituents is 1. The molecule has 0 amide bonds. The number of nitrogens with two attached hydrogens (primary N) is 1. The summed E-state index contributed by atoms with van der Waals surface area (Å²) in [7, 11) is 0. The predicted octanol–water partition coefficient (Wildman–Crippen LogP) is 8.95. The number of aromatic carboxylic acids is 2. The number of fused-ring (bicyclic) bond motifs is 2. The van der Waals surface area contributed by atoms with Crippen LogP contribution in [-0.2, 0) is 17.6 Å². The Bertz CT molecular complexity index is 2290. The summed E-state index contributed by atoms with van der Waals surface area (Å²) in [4.78, 5) is 34.1. The number of halogens is 4. The number of carbonyl (C=O) groups is 3.